The van der Waals surface area contributed by atoms with Crippen LogP contribution in [0.4, 0.5) is 5.69 Å². The summed E-state index contributed by atoms with van der Waals surface area (Å²) in [4.78, 5) is 24.3. The average molecular weight is 289 g/mol. The Balaban J connectivity index is 2.17. The predicted octanol–water partition coefficient (Wildman–Crippen LogP) is 1.83. The van der Waals surface area contributed by atoms with Gasteiger partial charge in [0.1, 0.15) is 0 Å². The van der Waals surface area contributed by atoms with Gasteiger partial charge in [0.25, 0.3) is 5.91 Å². The van der Waals surface area contributed by atoms with Gasteiger partial charge < -0.3 is 16.0 Å². The number of carbonyl (C=O) groups excluding carboxylic acids is 2. The third kappa shape index (κ3) is 3.42. The zero-order valence-corrected chi connectivity index (χ0v) is 12.9. The summed E-state index contributed by atoms with van der Waals surface area (Å²) in [6.07, 6.45) is 1.83. The number of carbonyl (C=O) groups is 2. The van der Waals surface area contributed by atoms with Gasteiger partial charge in [-0.3, -0.25) is 9.59 Å². The molecule has 2 amide bonds. The van der Waals surface area contributed by atoms with Crippen molar-refractivity contribution in [2.24, 2.45) is 0 Å². The molecule has 0 aliphatic carbocycles. The fourth-order valence-electron chi connectivity index (χ4n) is 2.51. The normalized spacial score (nSPS) is 21.1. The molecule has 0 aromatic heterocycles. The number of hydrogen-bond donors (Lipinski definition) is 3. The van der Waals surface area contributed by atoms with Crippen LogP contribution in [-0.2, 0) is 4.79 Å². The Labute approximate surface area is 125 Å². The number of hydrogen-bond acceptors (Lipinski definition) is 3. The van der Waals surface area contributed by atoms with Crippen molar-refractivity contribution >= 4 is 17.5 Å². The van der Waals surface area contributed by atoms with Gasteiger partial charge in [-0.25, -0.2) is 0 Å². The first kappa shape index (κ1) is 15.5. The molecule has 0 spiro atoms. The maximum Gasteiger partial charge on any atom is 0.251 e. The summed E-state index contributed by atoms with van der Waals surface area (Å²) in [6, 6.07) is 5.35. The van der Waals surface area contributed by atoms with Crippen molar-refractivity contribution in [1.82, 2.24) is 10.6 Å². The molecule has 1 atom stereocenters. The highest BCUT2D eigenvalue weighted by Gasteiger charge is 2.36. The van der Waals surface area contributed by atoms with Crippen LogP contribution in [0.15, 0.2) is 18.2 Å². The zero-order chi connectivity index (χ0) is 15.5. The standard InChI is InChI=1S/C16H23N3O2/c1-4-17-14(20)12-7-6-11(2)13(10-12)19-15(21)16(3)8-5-9-18-16/h6-7,10,18H,4-5,8-9H2,1-3H3,(H,17,20)(H,19,21). The molecule has 114 valence electrons. The van der Waals surface area contributed by atoms with Gasteiger partial charge in [-0.1, -0.05) is 6.07 Å². The Hall–Kier alpha value is -1.88. The molecule has 1 aromatic rings. The van der Waals surface area contributed by atoms with Gasteiger partial charge in [-0.2, -0.15) is 0 Å². The molecular formula is C16H23N3O2. The SMILES string of the molecule is CCNC(=O)c1ccc(C)c(NC(=O)C2(C)CCCN2)c1. The van der Waals surface area contributed by atoms with Crippen molar-refractivity contribution in [1.29, 1.82) is 0 Å². The minimum Gasteiger partial charge on any atom is -0.352 e. The van der Waals surface area contributed by atoms with Crippen LogP contribution in [0.25, 0.3) is 0 Å². The maximum absolute atomic E-state index is 12.4. The van der Waals surface area contributed by atoms with E-state index in [4.69, 9.17) is 0 Å². The van der Waals surface area contributed by atoms with Crippen molar-refractivity contribution < 1.29 is 9.59 Å². The summed E-state index contributed by atoms with van der Waals surface area (Å²) >= 11 is 0. The third-order valence-corrected chi connectivity index (χ3v) is 3.96. The van der Waals surface area contributed by atoms with E-state index in [1.165, 1.54) is 0 Å². The van der Waals surface area contributed by atoms with Gasteiger partial charge in [-0.05, 0) is 57.9 Å². The molecule has 3 N–H and O–H groups in total. The number of rotatable bonds is 4. The molecule has 5 nitrogen and oxygen atoms in total. The summed E-state index contributed by atoms with van der Waals surface area (Å²) in [7, 11) is 0. The Morgan fingerprint density at radius 3 is 2.76 bits per heavy atom. The first-order chi connectivity index (χ1) is 9.96. The molecule has 21 heavy (non-hydrogen) atoms. The van der Waals surface area contributed by atoms with E-state index in [-0.39, 0.29) is 11.8 Å². The van der Waals surface area contributed by atoms with E-state index in [0.29, 0.717) is 17.8 Å². The summed E-state index contributed by atoms with van der Waals surface area (Å²) in [5.41, 5.74) is 1.67. The highest BCUT2D eigenvalue weighted by molar-refractivity contribution is 6.00. The van der Waals surface area contributed by atoms with Gasteiger partial charge in [-0.15, -0.1) is 0 Å². The Morgan fingerprint density at radius 1 is 1.38 bits per heavy atom. The number of aryl methyl sites for hydroxylation is 1. The molecule has 1 aromatic carbocycles. The van der Waals surface area contributed by atoms with Crippen LogP contribution in [0, 0.1) is 6.92 Å². The summed E-state index contributed by atoms with van der Waals surface area (Å²) in [5, 5.41) is 8.95. The average Bonchev–Trinajstić information content (AvgIpc) is 2.89. The van der Waals surface area contributed by atoms with E-state index in [1.807, 2.05) is 26.8 Å². The van der Waals surface area contributed by atoms with E-state index >= 15 is 0 Å². The van der Waals surface area contributed by atoms with Crippen LogP contribution in [0.5, 0.6) is 0 Å². The summed E-state index contributed by atoms with van der Waals surface area (Å²) < 4.78 is 0. The van der Waals surface area contributed by atoms with E-state index in [1.54, 1.807) is 12.1 Å². The quantitative estimate of drug-likeness (QED) is 0.792. The number of nitrogens with one attached hydrogen (secondary N) is 3. The Bertz CT molecular complexity index is 548. The second-order valence-electron chi connectivity index (χ2n) is 5.71. The lowest BCUT2D eigenvalue weighted by molar-refractivity contribution is -0.121. The molecule has 5 heteroatoms. The molecule has 1 fully saturated rings. The zero-order valence-electron chi connectivity index (χ0n) is 12.9. The van der Waals surface area contributed by atoms with E-state index in [0.717, 1.165) is 24.9 Å². The lowest BCUT2D eigenvalue weighted by Crippen LogP contribution is -2.48. The predicted molar refractivity (Wildman–Crippen MR) is 83.5 cm³/mol. The molecule has 1 saturated heterocycles. The van der Waals surface area contributed by atoms with Gasteiger partial charge in [0, 0.05) is 17.8 Å². The van der Waals surface area contributed by atoms with Crippen LogP contribution in [0.2, 0.25) is 0 Å². The number of benzene rings is 1. The molecule has 0 bridgehead atoms. The largest absolute Gasteiger partial charge is 0.352 e. The molecule has 1 unspecified atom stereocenters. The molecular weight excluding hydrogens is 266 g/mol. The van der Waals surface area contributed by atoms with Gasteiger partial charge in [0.2, 0.25) is 5.91 Å². The van der Waals surface area contributed by atoms with E-state index < -0.39 is 5.54 Å². The topological polar surface area (TPSA) is 70.2 Å². The van der Waals surface area contributed by atoms with Crippen molar-refractivity contribution in [3.8, 4) is 0 Å². The second kappa shape index (κ2) is 6.26. The molecule has 0 radical (unpaired) electrons. The fourth-order valence-corrected chi connectivity index (χ4v) is 2.51. The third-order valence-electron chi connectivity index (χ3n) is 3.96. The monoisotopic (exact) mass is 289 g/mol. The molecule has 2 rings (SSSR count). The lowest BCUT2D eigenvalue weighted by atomic mass is 9.98. The van der Waals surface area contributed by atoms with E-state index in [9.17, 15) is 9.59 Å². The van der Waals surface area contributed by atoms with Gasteiger partial charge in [0.15, 0.2) is 0 Å². The lowest BCUT2D eigenvalue weighted by Gasteiger charge is -2.23. The molecule has 1 heterocycles. The van der Waals surface area contributed by atoms with Crippen LogP contribution in [0.1, 0.15) is 42.6 Å². The molecule has 1 aliphatic heterocycles. The number of anilines is 1. The van der Waals surface area contributed by atoms with Crippen molar-refractivity contribution in [2.75, 3.05) is 18.4 Å². The second-order valence-corrected chi connectivity index (χ2v) is 5.71. The highest BCUT2D eigenvalue weighted by atomic mass is 16.2. The minimum absolute atomic E-state index is 0.0452. The summed E-state index contributed by atoms with van der Waals surface area (Å²) in [6.45, 7) is 7.15. The van der Waals surface area contributed by atoms with E-state index in [2.05, 4.69) is 16.0 Å². The molecule has 1 aliphatic rings. The van der Waals surface area contributed by atoms with Crippen molar-refractivity contribution in [3.05, 3.63) is 29.3 Å². The summed E-state index contributed by atoms with van der Waals surface area (Å²) in [5.74, 6) is -0.172. The van der Waals surface area contributed by atoms with Crippen LogP contribution in [-0.4, -0.2) is 30.4 Å². The van der Waals surface area contributed by atoms with Crippen molar-refractivity contribution in [2.45, 2.75) is 39.2 Å². The maximum atomic E-state index is 12.4. The minimum atomic E-state index is -0.520. The van der Waals surface area contributed by atoms with Gasteiger partial charge in [0.05, 0.1) is 5.54 Å². The smallest absolute Gasteiger partial charge is 0.251 e. The van der Waals surface area contributed by atoms with Crippen LogP contribution in [0.3, 0.4) is 0 Å². The van der Waals surface area contributed by atoms with Crippen molar-refractivity contribution in [3.63, 3.8) is 0 Å². The van der Waals surface area contributed by atoms with Crippen LogP contribution >= 0.6 is 0 Å². The number of amides is 2. The highest BCUT2D eigenvalue weighted by Crippen LogP contribution is 2.23. The fraction of sp³-hybridized carbons (Fsp3) is 0.500. The van der Waals surface area contributed by atoms with Crippen LogP contribution < -0.4 is 16.0 Å². The first-order valence-electron chi connectivity index (χ1n) is 7.41. The Morgan fingerprint density at radius 2 is 2.14 bits per heavy atom. The Kier molecular flexibility index (Phi) is 4.63. The molecule has 0 saturated carbocycles. The first-order valence-corrected chi connectivity index (χ1v) is 7.41. The van der Waals surface area contributed by atoms with Gasteiger partial charge >= 0.3 is 0 Å².